The van der Waals surface area contributed by atoms with Gasteiger partial charge < -0.3 is 15.5 Å². The van der Waals surface area contributed by atoms with Crippen molar-refractivity contribution in [3.63, 3.8) is 0 Å². The standard InChI is InChI=1S/C13H17NO4S/c1-19-8-9-3-2-4-10(7-9)12(16)14-6-5-11(15)13(17)18/h2-4,7,11,15H,5-6,8H2,1H3,(H,14,16)(H,17,18). The lowest BCUT2D eigenvalue weighted by Crippen LogP contribution is -2.30. The van der Waals surface area contributed by atoms with Gasteiger partial charge in [0.05, 0.1) is 0 Å². The van der Waals surface area contributed by atoms with Gasteiger partial charge in [-0.2, -0.15) is 11.8 Å². The van der Waals surface area contributed by atoms with E-state index >= 15 is 0 Å². The number of carboxylic acid groups (broad SMARTS) is 1. The Balaban J connectivity index is 2.49. The van der Waals surface area contributed by atoms with Gasteiger partial charge in [-0.05, 0) is 24.0 Å². The van der Waals surface area contributed by atoms with Gasteiger partial charge in [-0.1, -0.05) is 12.1 Å². The molecule has 1 aromatic carbocycles. The molecule has 0 radical (unpaired) electrons. The summed E-state index contributed by atoms with van der Waals surface area (Å²) in [6.07, 6.45) is 0.536. The van der Waals surface area contributed by atoms with Crippen LogP contribution in [0, 0.1) is 0 Å². The maximum Gasteiger partial charge on any atom is 0.332 e. The first kappa shape index (κ1) is 15.5. The second-order valence-electron chi connectivity index (χ2n) is 4.03. The molecule has 0 heterocycles. The molecule has 0 aromatic heterocycles. The van der Waals surface area contributed by atoms with E-state index in [9.17, 15) is 9.59 Å². The highest BCUT2D eigenvalue weighted by Gasteiger charge is 2.13. The first-order valence-electron chi connectivity index (χ1n) is 5.81. The Morgan fingerprint density at radius 3 is 2.79 bits per heavy atom. The van der Waals surface area contributed by atoms with Crippen molar-refractivity contribution in [2.75, 3.05) is 12.8 Å². The fourth-order valence-corrected chi connectivity index (χ4v) is 2.03. The molecule has 0 fully saturated rings. The number of carbonyl (C=O) groups excluding carboxylic acids is 1. The third-order valence-electron chi connectivity index (χ3n) is 2.49. The van der Waals surface area contributed by atoms with Crippen molar-refractivity contribution in [3.05, 3.63) is 35.4 Å². The summed E-state index contributed by atoms with van der Waals surface area (Å²) in [4.78, 5) is 22.2. The van der Waals surface area contributed by atoms with Gasteiger partial charge >= 0.3 is 5.97 Å². The van der Waals surface area contributed by atoms with Crippen LogP contribution in [0.4, 0.5) is 0 Å². The number of nitrogens with one attached hydrogen (secondary N) is 1. The molecular formula is C13H17NO4S. The second kappa shape index (κ2) is 7.81. The molecule has 1 unspecified atom stereocenters. The minimum absolute atomic E-state index is 0.00836. The summed E-state index contributed by atoms with van der Waals surface area (Å²) in [6, 6.07) is 7.26. The minimum atomic E-state index is -1.44. The fraction of sp³-hybridized carbons (Fsp3) is 0.385. The quantitative estimate of drug-likeness (QED) is 0.698. The minimum Gasteiger partial charge on any atom is -0.479 e. The number of aliphatic hydroxyl groups is 1. The highest BCUT2D eigenvalue weighted by molar-refractivity contribution is 7.97. The van der Waals surface area contributed by atoms with Crippen LogP contribution in [0.2, 0.25) is 0 Å². The summed E-state index contributed by atoms with van der Waals surface area (Å²) >= 11 is 1.67. The first-order chi connectivity index (χ1) is 9.04. The summed E-state index contributed by atoms with van der Waals surface area (Å²) in [5.41, 5.74) is 1.60. The van der Waals surface area contributed by atoms with Crippen molar-refractivity contribution in [1.82, 2.24) is 5.32 Å². The number of hydrogen-bond donors (Lipinski definition) is 3. The van der Waals surface area contributed by atoms with Gasteiger partial charge in [0, 0.05) is 24.3 Å². The zero-order chi connectivity index (χ0) is 14.3. The van der Waals surface area contributed by atoms with E-state index in [0.29, 0.717) is 5.56 Å². The molecule has 0 bridgehead atoms. The van der Waals surface area contributed by atoms with Crippen molar-refractivity contribution in [1.29, 1.82) is 0 Å². The van der Waals surface area contributed by atoms with E-state index in [1.165, 1.54) is 0 Å². The van der Waals surface area contributed by atoms with Gasteiger partial charge in [0.15, 0.2) is 6.10 Å². The molecule has 0 aliphatic rings. The average Bonchev–Trinajstić information content (AvgIpc) is 2.39. The lowest BCUT2D eigenvalue weighted by Gasteiger charge is -2.08. The van der Waals surface area contributed by atoms with Crippen LogP contribution in [0.15, 0.2) is 24.3 Å². The SMILES string of the molecule is CSCc1cccc(C(=O)NCCC(O)C(=O)O)c1. The van der Waals surface area contributed by atoms with E-state index in [1.54, 1.807) is 23.9 Å². The molecular weight excluding hydrogens is 266 g/mol. The van der Waals surface area contributed by atoms with E-state index in [-0.39, 0.29) is 18.9 Å². The summed E-state index contributed by atoms with van der Waals surface area (Å²) in [7, 11) is 0. The molecule has 1 atom stereocenters. The maximum absolute atomic E-state index is 11.8. The van der Waals surface area contributed by atoms with Gasteiger partial charge in [0.25, 0.3) is 5.91 Å². The maximum atomic E-state index is 11.8. The van der Waals surface area contributed by atoms with Gasteiger partial charge in [0.2, 0.25) is 0 Å². The monoisotopic (exact) mass is 283 g/mol. The van der Waals surface area contributed by atoms with Crippen LogP contribution in [0.1, 0.15) is 22.3 Å². The van der Waals surface area contributed by atoms with Crippen molar-refractivity contribution < 1.29 is 19.8 Å². The number of aliphatic carboxylic acids is 1. The number of carbonyl (C=O) groups is 2. The van der Waals surface area contributed by atoms with Crippen LogP contribution in [-0.2, 0) is 10.5 Å². The van der Waals surface area contributed by atoms with E-state index in [1.807, 2.05) is 18.4 Å². The van der Waals surface area contributed by atoms with E-state index in [4.69, 9.17) is 10.2 Å². The predicted molar refractivity (Wildman–Crippen MR) is 74.3 cm³/mol. The van der Waals surface area contributed by atoms with Crippen molar-refractivity contribution in [2.24, 2.45) is 0 Å². The Kier molecular flexibility index (Phi) is 6.38. The van der Waals surface area contributed by atoms with E-state index in [2.05, 4.69) is 5.32 Å². The Bertz CT molecular complexity index is 450. The Labute approximate surface area is 116 Å². The molecule has 19 heavy (non-hydrogen) atoms. The molecule has 104 valence electrons. The molecule has 0 saturated heterocycles. The third kappa shape index (κ3) is 5.32. The zero-order valence-electron chi connectivity index (χ0n) is 10.6. The number of amides is 1. The number of rotatable bonds is 7. The van der Waals surface area contributed by atoms with Crippen molar-refractivity contribution in [2.45, 2.75) is 18.3 Å². The molecule has 0 saturated carbocycles. The average molecular weight is 283 g/mol. The Morgan fingerprint density at radius 2 is 2.16 bits per heavy atom. The second-order valence-corrected chi connectivity index (χ2v) is 4.90. The predicted octanol–water partition coefficient (Wildman–Crippen LogP) is 1.12. The zero-order valence-corrected chi connectivity index (χ0v) is 11.4. The molecule has 0 aliphatic carbocycles. The van der Waals surface area contributed by atoms with Crippen LogP contribution in [-0.4, -0.2) is 41.0 Å². The molecule has 0 spiro atoms. The largest absolute Gasteiger partial charge is 0.479 e. The molecule has 5 nitrogen and oxygen atoms in total. The van der Waals surface area contributed by atoms with Crippen LogP contribution < -0.4 is 5.32 Å². The third-order valence-corrected chi connectivity index (χ3v) is 3.11. The Hall–Kier alpha value is -1.53. The van der Waals surface area contributed by atoms with Gasteiger partial charge in [-0.15, -0.1) is 0 Å². The van der Waals surface area contributed by atoms with Crippen molar-refractivity contribution in [3.8, 4) is 0 Å². The number of hydrogen-bond acceptors (Lipinski definition) is 4. The Morgan fingerprint density at radius 1 is 1.42 bits per heavy atom. The number of thioether (sulfide) groups is 1. The number of benzene rings is 1. The summed E-state index contributed by atoms with van der Waals surface area (Å²) in [5.74, 6) is -0.712. The van der Waals surface area contributed by atoms with Crippen LogP contribution in [0.25, 0.3) is 0 Å². The molecule has 1 amide bonds. The lowest BCUT2D eigenvalue weighted by atomic mass is 10.1. The van der Waals surface area contributed by atoms with Crippen LogP contribution in [0.5, 0.6) is 0 Å². The van der Waals surface area contributed by atoms with Gasteiger partial charge in [0.1, 0.15) is 0 Å². The lowest BCUT2D eigenvalue weighted by molar-refractivity contribution is -0.146. The molecule has 1 aromatic rings. The van der Waals surface area contributed by atoms with Crippen LogP contribution >= 0.6 is 11.8 Å². The topological polar surface area (TPSA) is 86.6 Å². The highest BCUT2D eigenvalue weighted by Crippen LogP contribution is 2.11. The first-order valence-corrected chi connectivity index (χ1v) is 7.21. The highest BCUT2D eigenvalue weighted by atomic mass is 32.2. The number of aliphatic hydroxyl groups excluding tert-OH is 1. The summed E-state index contributed by atoms with van der Waals surface area (Å²) < 4.78 is 0. The van der Waals surface area contributed by atoms with E-state index < -0.39 is 12.1 Å². The van der Waals surface area contributed by atoms with Gasteiger partial charge in [-0.25, -0.2) is 4.79 Å². The van der Waals surface area contributed by atoms with Crippen molar-refractivity contribution >= 4 is 23.6 Å². The normalized spacial score (nSPS) is 11.9. The van der Waals surface area contributed by atoms with Crippen LogP contribution in [0.3, 0.4) is 0 Å². The molecule has 3 N–H and O–H groups in total. The molecule has 1 rings (SSSR count). The molecule has 6 heteroatoms. The summed E-state index contributed by atoms with van der Waals surface area (Å²) in [5, 5.41) is 20.2. The van der Waals surface area contributed by atoms with E-state index in [0.717, 1.165) is 11.3 Å². The smallest absolute Gasteiger partial charge is 0.332 e. The number of carboxylic acids is 1. The fourth-order valence-electron chi connectivity index (χ4n) is 1.52. The van der Waals surface area contributed by atoms with Gasteiger partial charge in [-0.3, -0.25) is 4.79 Å². The summed E-state index contributed by atoms with van der Waals surface area (Å²) in [6.45, 7) is 0.124. The molecule has 0 aliphatic heterocycles.